The van der Waals surface area contributed by atoms with Crippen molar-refractivity contribution >= 4 is 43.5 Å². The van der Waals surface area contributed by atoms with Crippen molar-refractivity contribution in [3.05, 3.63) is 27.1 Å². The molecule has 2 rings (SSSR count). The van der Waals surface area contributed by atoms with Crippen LogP contribution in [-0.2, 0) is 5.33 Å². The number of rotatable bonds is 2. The number of carbonyl (C=O) groups is 1. The first-order valence-corrected chi connectivity index (χ1v) is 5.93. The fraction of sp³-hybridized carbons (Fsp3) is 0.125. The highest BCUT2D eigenvalue weighted by Crippen LogP contribution is 2.22. The molecule has 0 aliphatic heterocycles. The molecule has 0 spiro atoms. The van der Waals surface area contributed by atoms with E-state index in [2.05, 4.69) is 25.9 Å². The maximum Gasteiger partial charge on any atom is 0.372 e. The van der Waals surface area contributed by atoms with Gasteiger partial charge in [0.15, 0.2) is 0 Å². The van der Waals surface area contributed by atoms with E-state index in [0.29, 0.717) is 15.5 Å². The minimum Gasteiger partial charge on any atom is -0.475 e. The van der Waals surface area contributed by atoms with Crippen LogP contribution in [0, 0.1) is 0 Å². The van der Waals surface area contributed by atoms with Gasteiger partial charge < -0.3 is 10.1 Å². The van der Waals surface area contributed by atoms with E-state index in [0.717, 1.165) is 5.56 Å². The lowest BCUT2D eigenvalue weighted by Gasteiger charge is -1.95. The van der Waals surface area contributed by atoms with Gasteiger partial charge in [-0.1, -0.05) is 15.9 Å². The van der Waals surface area contributed by atoms with Gasteiger partial charge in [-0.2, -0.15) is 0 Å². The molecular weight excluding hydrogens is 284 g/mol. The van der Waals surface area contributed by atoms with Gasteiger partial charge in [-0.15, -0.1) is 11.3 Å². The second-order valence-corrected chi connectivity index (χ2v) is 4.21. The summed E-state index contributed by atoms with van der Waals surface area (Å²) in [7, 11) is 0. The quantitative estimate of drug-likeness (QED) is 0.822. The van der Waals surface area contributed by atoms with Crippen LogP contribution in [0.2, 0.25) is 0 Å². The molecule has 78 valence electrons. The van der Waals surface area contributed by atoms with Crippen LogP contribution in [0.4, 0.5) is 0 Å². The zero-order valence-corrected chi connectivity index (χ0v) is 9.68. The van der Waals surface area contributed by atoms with Crippen LogP contribution in [0.15, 0.2) is 10.2 Å². The molecule has 2 aromatic rings. The fourth-order valence-electron chi connectivity index (χ4n) is 1.21. The van der Waals surface area contributed by atoms with Crippen molar-refractivity contribution in [1.29, 1.82) is 0 Å². The zero-order valence-electron chi connectivity index (χ0n) is 7.28. The Kier molecular flexibility index (Phi) is 2.57. The number of carboxylic acid groups (broad SMARTS) is 1. The molecule has 0 atom stereocenters. The SMILES string of the molecule is O=C(O)c1nc2scc(CBr)c2c(=O)[nH]1. The monoisotopic (exact) mass is 288 g/mol. The summed E-state index contributed by atoms with van der Waals surface area (Å²) in [6.07, 6.45) is 0. The number of nitrogens with zero attached hydrogens (tertiary/aromatic N) is 1. The number of nitrogens with one attached hydrogen (secondary N) is 1. The average Bonchev–Trinajstić information content (AvgIpc) is 2.60. The van der Waals surface area contributed by atoms with E-state index in [1.54, 1.807) is 5.38 Å². The van der Waals surface area contributed by atoms with Gasteiger partial charge in [-0.05, 0) is 10.9 Å². The fourth-order valence-corrected chi connectivity index (χ4v) is 2.80. The molecule has 0 aliphatic carbocycles. The van der Waals surface area contributed by atoms with E-state index in [-0.39, 0.29) is 5.82 Å². The van der Waals surface area contributed by atoms with Gasteiger partial charge in [0, 0.05) is 5.33 Å². The summed E-state index contributed by atoms with van der Waals surface area (Å²) in [5, 5.41) is 11.5. The first-order valence-electron chi connectivity index (χ1n) is 3.93. The maximum atomic E-state index is 11.6. The molecule has 2 heterocycles. The Morgan fingerprint density at radius 3 is 3.00 bits per heavy atom. The van der Waals surface area contributed by atoms with Gasteiger partial charge in [-0.25, -0.2) is 9.78 Å². The van der Waals surface area contributed by atoms with Crippen LogP contribution in [0.25, 0.3) is 10.2 Å². The summed E-state index contributed by atoms with van der Waals surface area (Å²) >= 11 is 4.51. The van der Waals surface area contributed by atoms with Crippen LogP contribution < -0.4 is 5.56 Å². The van der Waals surface area contributed by atoms with Gasteiger partial charge in [-0.3, -0.25) is 4.79 Å². The Morgan fingerprint density at radius 1 is 1.67 bits per heavy atom. The number of carboxylic acids is 1. The van der Waals surface area contributed by atoms with E-state index in [1.807, 2.05) is 0 Å². The molecule has 15 heavy (non-hydrogen) atoms. The average molecular weight is 289 g/mol. The molecule has 0 fully saturated rings. The van der Waals surface area contributed by atoms with Crippen molar-refractivity contribution in [1.82, 2.24) is 9.97 Å². The van der Waals surface area contributed by atoms with E-state index in [9.17, 15) is 9.59 Å². The number of thiophene rings is 1. The topological polar surface area (TPSA) is 83.0 Å². The zero-order chi connectivity index (χ0) is 11.0. The molecule has 0 unspecified atom stereocenters. The van der Waals surface area contributed by atoms with Crippen LogP contribution in [0.3, 0.4) is 0 Å². The minimum atomic E-state index is -1.23. The molecule has 0 saturated heterocycles. The van der Waals surface area contributed by atoms with Gasteiger partial charge in [0.25, 0.3) is 5.56 Å². The van der Waals surface area contributed by atoms with Gasteiger partial charge in [0.1, 0.15) is 4.83 Å². The molecule has 7 heteroatoms. The van der Waals surface area contributed by atoms with E-state index in [1.165, 1.54) is 11.3 Å². The molecule has 0 bridgehead atoms. The van der Waals surface area contributed by atoms with Crippen molar-refractivity contribution in [2.24, 2.45) is 0 Å². The van der Waals surface area contributed by atoms with Crippen LogP contribution in [0.1, 0.15) is 16.2 Å². The molecule has 2 N–H and O–H groups in total. The van der Waals surface area contributed by atoms with Crippen LogP contribution in [-0.4, -0.2) is 21.0 Å². The van der Waals surface area contributed by atoms with E-state index < -0.39 is 11.5 Å². The first kappa shape index (κ1) is 10.3. The van der Waals surface area contributed by atoms with Crippen molar-refractivity contribution in [2.45, 2.75) is 5.33 Å². The van der Waals surface area contributed by atoms with E-state index >= 15 is 0 Å². The maximum absolute atomic E-state index is 11.6. The number of hydrogen-bond donors (Lipinski definition) is 2. The molecule has 0 radical (unpaired) electrons. The number of fused-ring (bicyclic) bond motifs is 1. The smallest absolute Gasteiger partial charge is 0.372 e. The number of aromatic amines is 1. The molecule has 0 aliphatic rings. The van der Waals surface area contributed by atoms with Gasteiger partial charge in [0.05, 0.1) is 5.39 Å². The second-order valence-electron chi connectivity index (χ2n) is 2.79. The molecular formula is C8H5BrN2O3S. The predicted molar refractivity (Wildman–Crippen MR) is 59.8 cm³/mol. The lowest BCUT2D eigenvalue weighted by atomic mass is 10.3. The number of aromatic carboxylic acids is 1. The summed E-state index contributed by atoms with van der Waals surface area (Å²) in [5.41, 5.74) is 0.411. The minimum absolute atomic E-state index is 0.324. The number of alkyl halides is 1. The van der Waals surface area contributed by atoms with E-state index in [4.69, 9.17) is 5.11 Å². The summed E-state index contributed by atoms with van der Waals surface area (Å²) in [5.74, 6) is -1.56. The highest BCUT2D eigenvalue weighted by molar-refractivity contribution is 9.08. The number of aromatic nitrogens is 2. The summed E-state index contributed by atoms with van der Waals surface area (Å²) in [4.78, 5) is 28.7. The van der Waals surface area contributed by atoms with Gasteiger partial charge >= 0.3 is 5.97 Å². The molecule has 0 amide bonds. The molecule has 2 aromatic heterocycles. The predicted octanol–water partition coefficient (Wildman–Crippen LogP) is 1.58. The Labute approximate surface area is 95.9 Å². The number of hydrogen-bond acceptors (Lipinski definition) is 4. The largest absolute Gasteiger partial charge is 0.475 e. The second kappa shape index (κ2) is 3.74. The van der Waals surface area contributed by atoms with Crippen molar-refractivity contribution < 1.29 is 9.90 Å². The third kappa shape index (κ3) is 1.68. The Balaban J connectivity index is 2.81. The Bertz CT molecular complexity index is 589. The van der Waals surface area contributed by atoms with Crippen molar-refractivity contribution in [3.8, 4) is 0 Å². The highest BCUT2D eigenvalue weighted by Gasteiger charge is 2.13. The van der Waals surface area contributed by atoms with Crippen molar-refractivity contribution in [3.63, 3.8) is 0 Å². The Hall–Kier alpha value is -1.21. The lowest BCUT2D eigenvalue weighted by Crippen LogP contribution is -2.15. The third-order valence-electron chi connectivity index (χ3n) is 1.87. The standard InChI is InChI=1S/C8H5BrN2O3S/c9-1-3-2-15-7-4(3)6(12)10-5(11-7)8(13)14/h2H,1H2,(H,13,14)(H,10,11,12). The number of halogens is 1. The summed E-state index contributed by atoms with van der Waals surface area (Å²) in [6, 6.07) is 0. The third-order valence-corrected chi connectivity index (χ3v) is 3.39. The Morgan fingerprint density at radius 2 is 2.40 bits per heavy atom. The van der Waals surface area contributed by atoms with Crippen LogP contribution in [0.5, 0.6) is 0 Å². The lowest BCUT2D eigenvalue weighted by molar-refractivity contribution is 0.0683. The normalized spacial score (nSPS) is 10.7. The molecule has 0 aromatic carbocycles. The van der Waals surface area contributed by atoms with Gasteiger partial charge in [0.2, 0.25) is 5.82 Å². The number of H-pyrrole nitrogens is 1. The molecule has 5 nitrogen and oxygen atoms in total. The summed E-state index contributed by atoms with van der Waals surface area (Å²) in [6.45, 7) is 0. The van der Waals surface area contributed by atoms with Crippen molar-refractivity contribution in [2.75, 3.05) is 0 Å². The molecule has 0 saturated carbocycles. The highest BCUT2D eigenvalue weighted by atomic mass is 79.9. The first-order chi connectivity index (χ1) is 7.13. The van der Waals surface area contributed by atoms with Crippen LogP contribution >= 0.6 is 27.3 Å². The summed E-state index contributed by atoms with van der Waals surface area (Å²) < 4.78 is 0.